The molecule has 2 rings (SSSR count). The Balaban J connectivity index is 2.18. The first-order chi connectivity index (χ1) is 12.4. The van der Waals surface area contributed by atoms with Crippen LogP contribution in [0.2, 0.25) is 0 Å². The Morgan fingerprint density at radius 2 is 1.77 bits per heavy atom. The maximum absolute atomic E-state index is 9.41. The van der Waals surface area contributed by atoms with Crippen LogP contribution < -0.4 is 14.8 Å². The number of benzene rings is 2. The van der Waals surface area contributed by atoms with Crippen molar-refractivity contribution >= 4 is 15.9 Å². The highest BCUT2D eigenvalue weighted by Gasteiger charge is 2.17. The Labute approximate surface area is 164 Å². The van der Waals surface area contributed by atoms with Crippen molar-refractivity contribution in [2.75, 3.05) is 13.2 Å². The lowest BCUT2D eigenvalue weighted by atomic mass is 10.1. The van der Waals surface area contributed by atoms with Crippen molar-refractivity contribution in [2.45, 2.75) is 46.4 Å². The molecule has 2 N–H and O–H groups in total. The molecular weight excluding hydrogens is 394 g/mol. The monoisotopic (exact) mass is 421 g/mol. The molecule has 0 saturated carbocycles. The average molecular weight is 422 g/mol. The molecule has 2 aromatic rings. The van der Waals surface area contributed by atoms with Gasteiger partial charge in [0.25, 0.3) is 0 Å². The van der Waals surface area contributed by atoms with Gasteiger partial charge in [0.15, 0.2) is 11.5 Å². The number of hydrogen-bond donors (Lipinski definition) is 2. The van der Waals surface area contributed by atoms with Crippen molar-refractivity contribution in [3.63, 3.8) is 0 Å². The number of aliphatic hydroxyl groups excluding tert-OH is 1. The second-order valence-electron chi connectivity index (χ2n) is 6.93. The summed E-state index contributed by atoms with van der Waals surface area (Å²) in [5.74, 6) is 1.44. The van der Waals surface area contributed by atoms with E-state index in [0.29, 0.717) is 25.5 Å². The molecule has 0 aliphatic heterocycles. The van der Waals surface area contributed by atoms with Gasteiger partial charge in [-0.1, -0.05) is 40.2 Å². The summed E-state index contributed by atoms with van der Waals surface area (Å²) in [5, 5.41) is 12.7. The van der Waals surface area contributed by atoms with E-state index in [1.54, 1.807) is 0 Å². The van der Waals surface area contributed by atoms with Crippen LogP contribution in [0.1, 0.15) is 37.5 Å². The highest BCUT2D eigenvalue weighted by atomic mass is 79.9. The molecule has 4 nitrogen and oxygen atoms in total. The normalized spacial score (nSPS) is 11.5. The minimum absolute atomic E-state index is 0.0700. The fourth-order valence-electron chi connectivity index (χ4n) is 2.41. The van der Waals surface area contributed by atoms with Crippen LogP contribution in [0.25, 0.3) is 0 Å². The van der Waals surface area contributed by atoms with Crippen LogP contribution in [-0.2, 0) is 13.2 Å². The lowest BCUT2D eigenvalue weighted by molar-refractivity contribution is 0.187. The first-order valence-corrected chi connectivity index (χ1v) is 9.64. The lowest BCUT2D eigenvalue weighted by Gasteiger charge is -2.24. The van der Waals surface area contributed by atoms with E-state index < -0.39 is 0 Å². The predicted molar refractivity (Wildman–Crippen MR) is 109 cm³/mol. The predicted octanol–water partition coefficient (Wildman–Crippen LogP) is 4.60. The topological polar surface area (TPSA) is 50.7 Å². The Hall–Kier alpha value is -1.56. The Bertz CT molecular complexity index is 731. The summed E-state index contributed by atoms with van der Waals surface area (Å²) in [6.45, 7) is 9.71. The van der Waals surface area contributed by atoms with Crippen molar-refractivity contribution in [1.29, 1.82) is 0 Å². The molecule has 2 aromatic carbocycles. The van der Waals surface area contributed by atoms with Gasteiger partial charge in [0.1, 0.15) is 6.61 Å². The summed E-state index contributed by atoms with van der Waals surface area (Å²) >= 11 is 3.62. The number of hydrogen-bond acceptors (Lipinski definition) is 4. The minimum atomic E-state index is -0.342. The first-order valence-electron chi connectivity index (χ1n) is 8.84. The molecule has 26 heavy (non-hydrogen) atoms. The molecule has 5 heteroatoms. The van der Waals surface area contributed by atoms with E-state index in [1.807, 2.05) is 45.0 Å². The molecule has 0 aliphatic carbocycles. The molecule has 0 bridgehead atoms. The van der Waals surface area contributed by atoms with E-state index in [2.05, 4.69) is 40.3 Å². The quantitative estimate of drug-likeness (QED) is 0.621. The molecular formula is C21H28BrNO3. The van der Waals surface area contributed by atoms with Gasteiger partial charge < -0.3 is 19.9 Å². The molecule has 0 unspecified atom stereocenters. The van der Waals surface area contributed by atoms with Crippen molar-refractivity contribution < 1.29 is 14.6 Å². The fourth-order valence-corrected chi connectivity index (χ4v) is 2.87. The van der Waals surface area contributed by atoms with E-state index >= 15 is 0 Å². The fraction of sp³-hybridized carbons (Fsp3) is 0.429. The summed E-state index contributed by atoms with van der Waals surface area (Å²) < 4.78 is 12.8. The van der Waals surface area contributed by atoms with E-state index in [1.165, 1.54) is 5.56 Å². The summed E-state index contributed by atoms with van der Waals surface area (Å²) in [4.78, 5) is 0. The van der Waals surface area contributed by atoms with E-state index in [4.69, 9.17) is 9.47 Å². The van der Waals surface area contributed by atoms with Crippen molar-refractivity contribution in [1.82, 2.24) is 5.32 Å². The van der Waals surface area contributed by atoms with E-state index in [0.717, 1.165) is 21.3 Å². The van der Waals surface area contributed by atoms with Gasteiger partial charge in [-0.3, -0.25) is 0 Å². The van der Waals surface area contributed by atoms with Gasteiger partial charge in [0.2, 0.25) is 0 Å². The number of aliphatic hydroxyl groups is 1. The summed E-state index contributed by atoms with van der Waals surface area (Å²) in [6, 6.07) is 12.1. The zero-order valence-electron chi connectivity index (χ0n) is 15.9. The second-order valence-corrected chi connectivity index (χ2v) is 7.79. The maximum Gasteiger partial charge on any atom is 0.162 e. The van der Waals surface area contributed by atoms with Crippen LogP contribution in [0.3, 0.4) is 0 Å². The largest absolute Gasteiger partial charge is 0.490 e. The molecule has 142 valence electrons. The van der Waals surface area contributed by atoms with Gasteiger partial charge in [-0.05, 0) is 56.5 Å². The van der Waals surface area contributed by atoms with Crippen molar-refractivity contribution in [2.24, 2.45) is 0 Å². The average Bonchev–Trinajstić information content (AvgIpc) is 2.62. The van der Waals surface area contributed by atoms with Crippen LogP contribution in [0.4, 0.5) is 0 Å². The number of halogens is 1. The third-order valence-corrected chi connectivity index (χ3v) is 4.95. The summed E-state index contributed by atoms with van der Waals surface area (Å²) in [7, 11) is 0. The Morgan fingerprint density at radius 3 is 2.42 bits per heavy atom. The van der Waals surface area contributed by atoms with Crippen LogP contribution >= 0.6 is 15.9 Å². The third kappa shape index (κ3) is 5.73. The molecule has 0 atom stereocenters. The Morgan fingerprint density at radius 1 is 1.08 bits per heavy atom. The zero-order valence-corrected chi connectivity index (χ0v) is 17.5. The first kappa shape index (κ1) is 20.7. The van der Waals surface area contributed by atoms with E-state index in [-0.39, 0.29) is 12.1 Å². The van der Waals surface area contributed by atoms with Crippen molar-refractivity contribution in [3.05, 3.63) is 57.6 Å². The molecule has 0 amide bonds. The number of ether oxygens (including phenoxy) is 2. The van der Waals surface area contributed by atoms with Crippen LogP contribution in [0, 0.1) is 6.92 Å². The summed E-state index contributed by atoms with van der Waals surface area (Å²) in [5.41, 5.74) is 3.07. The van der Waals surface area contributed by atoms with Crippen LogP contribution in [-0.4, -0.2) is 23.9 Å². The molecule has 0 fully saturated rings. The van der Waals surface area contributed by atoms with Gasteiger partial charge in [0.05, 0.1) is 13.2 Å². The molecule has 0 aromatic heterocycles. The number of aryl methyl sites for hydroxylation is 1. The van der Waals surface area contributed by atoms with Gasteiger partial charge >= 0.3 is 0 Å². The maximum atomic E-state index is 9.41. The zero-order chi connectivity index (χ0) is 19.2. The standard InChI is InChI=1S/C21H28BrNO3/c1-5-25-19-10-17(12-23-21(3,4)14-24)18(22)11-20(19)26-13-16-9-7-6-8-15(16)2/h6-11,23-24H,5,12-14H2,1-4H3. The highest BCUT2D eigenvalue weighted by molar-refractivity contribution is 9.10. The summed E-state index contributed by atoms with van der Waals surface area (Å²) in [6.07, 6.45) is 0. The molecule has 0 radical (unpaired) electrons. The number of nitrogens with one attached hydrogen (secondary N) is 1. The van der Waals surface area contributed by atoms with Crippen molar-refractivity contribution in [3.8, 4) is 11.5 Å². The van der Waals surface area contributed by atoms with Crippen LogP contribution in [0.15, 0.2) is 40.9 Å². The van der Waals surface area contributed by atoms with Crippen LogP contribution in [0.5, 0.6) is 11.5 Å². The molecule has 0 heterocycles. The molecule has 0 aliphatic rings. The Kier molecular flexibility index (Phi) is 7.50. The van der Waals surface area contributed by atoms with Gasteiger partial charge in [0, 0.05) is 16.6 Å². The smallest absolute Gasteiger partial charge is 0.162 e. The second kappa shape index (κ2) is 9.40. The van der Waals surface area contributed by atoms with Gasteiger partial charge in [-0.15, -0.1) is 0 Å². The lowest BCUT2D eigenvalue weighted by Crippen LogP contribution is -2.42. The van der Waals surface area contributed by atoms with Gasteiger partial charge in [-0.25, -0.2) is 0 Å². The minimum Gasteiger partial charge on any atom is -0.490 e. The number of rotatable bonds is 9. The van der Waals surface area contributed by atoms with E-state index in [9.17, 15) is 5.11 Å². The third-order valence-electron chi connectivity index (χ3n) is 4.21. The SMILES string of the molecule is CCOc1cc(CNC(C)(C)CO)c(Br)cc1OCc1ccccc1C. The molecule has 0 spiro atoms. The molecule has 0 saturated heterocycles. The highest BCUT2D eigenvalue weighted by Crippen LogP contribution is 2.34. The van der Waals surface area contributed by atoms with Gasteiger partial charge in [-0.2, -0.15) is 0 Å².